The van der Waals surface area contributed by atoms with Crippen LogP contribution < -0.4 is 0 Å². The molecule has 0 atom stereocenters. The van der Waals surface area contributed by atoms with E-state index in [1.54, 1.807) is 25.1 Å². The Hall–Kier alpha value is -3.02. The SMILES string of the molecule is CCOC(=O)CN(Cc1ccccc1O)C(=O)OCc1ccccc1. The number of phenolic OH excluding ortho intramolecular Hbond substituents is 1. The summed E-state index contributed by atoms with van der Waals surface area (Å²) in [7, 11) is 0. The molecule has 1 N–H and O–H groups in total. The van der Waals surface area contributed by atoms with Crippen molar-refractivity contribution in [3.05, 3.63) is 65.7 Å². The fourth-order valence-corrected chi connectivity index (χ4v) is 2.21. The Kier molecular flexibility index (Phi) is 6.83. The lowest BCUT2D eigenvalue weighted by molar-refractivity contribution is -0.144. The van der Waals surface area contributed by atoms with E-state index in [0.717, 1.165) is 5.56 Å². The monoisotopic (exact) mass is 343 g/mol. The molecule has 2 aromatic rings. The maximum atomic E-state index is 12.4. The molecule has 0 fully saturated rings. The van der Waals surface area contributed by atoms with Gasteiger partial charge in [-0.25, -0.2) is 4.79 Å². The minimum atomic E-state index is -0.653. The van der Waals surface area contributed by atoms with Gasteiger partial charge in [0.2, 0.25) is 0 Å². The third-order valence-electron chi connectivity index (χ3n) is 3.44. The van der Waals surface area contributed by atoms with Gasteiger partial charge in [-0.2, -0.15) is 0 Å². The zero-order valence-electron chi connectivity index (χ0n) is 14.1. The van der Waals surface area contributed by atoms with E-state index in [4.69, 9.17) is 9.47 Å². The van der Waals surface area contributed by atoms with Gasteiger partial charge in [-0.05, 0) is 18.6 Å². The molecule has 132 valence electrons. The maximum Gasteiger partial charge on any atom is 0.410 e. The fraction of sp³-hybridized carbons (Fsp3) is 0.263. The Morgan fingerprint density at radius 1 is 1.00 bits per heavy atom. The molecule has 0 unspecified atom stereocenters. The highest BCUT2D eigenvalue weighted by atomic mass is 16.6. The molecule has 6 heteroatoms. The standard InChI is InChI=1S/C19H21NO5/c1-2-24-18(22)13-20(12-16-10-6-7-11-17(16)21)19(23)25-14-15-8-4-3-5-9-15/h3-11,21H,2,12-14H2,1H3. The zero-order valence-corrected chi connectivity index (χ0v) is 14.1. The summed E-state index contributed by atoms with van der Waals surface area (Å²) in [5, 5.41) is 9.89. The third-order valence-corrected chi connectivity index (χ3v) is 3.44. The van der Waals surface area contributed by atoms with E-state index >= 15 is 0 Å². The fourth-order valence-electron chi connectivity index (χ4n) is 2.21. The molecule has 0 aromatic heterocycles. The number of ether oxygens (including phenoxy) is 2. The van der Waals surface area contributed by atoms with Gasteiger partial charge in [0.25, 0.3) is 0 Å². The van der Waals surface area contributed by atoms with E-state index in [-0.39, 0.29) is 32.1 Å². The number of carbonyl (C=O) groups excluding carboxylic acids is 2. The Balaban J connectivity index is 2.05. The van der Waals surface area contributed by atoms with Crippen molar-refractivity contribution >= 4 is 12.1 Å². The molecule has 0 saturated carbocycles. The number of rotatable bonds is 7. The Morgan fingerprint density at radius 3 is 2.36 bits per heavy atom. The summed E-state index contributed by atoms with van der Waals surface area (Å²) in [4.78, 5) is 25.4. The number of hydrogen-bond acceptors (Lipinski definition) is 5. The Morgan fingerprint density at radius 2 is 1.68 bits per heavy atom. The number of para-hydroxylation sites is 1. The first-order valence-electron chi connectivity index (χ1n) is 7.98. The average Bonchev–Trinajstić information content (AvgIpc) is 2.62. The van der Waals surface area contributed by atoms with Crippen LogP contribution in [0.2, 0.25) is 0 Å². The van der Waals surface area contributed by atoms with Crippen molar-refractivity contribution in [1.29, 1.82) is 0 Å². The van der Waals surface area contributed by atoms with E-state index in [2.05, 4.69) is 0 Å². The second kappa shape index (κ2) is 9.32. The van der Waals surface area contributed by atoms with Crippen molar-refractivity contribution in [2.24, 2.45) is 0 Å². The second-order valence-electron chi connectivity index (χ2n) is 5.33. The number of hydrogen-bond donors (Lipinski definition) is 1. The molecule has 2 aromatic carbocycles. The van der Waals surface area contributed by atoms with Crippen LogP contribution in [0.15, 0.2) is 54.6 Å². The lowest BCUT2D eigenvalue weighted by atomic mass is 10.2. The molecular formula is C19H21NO5. The molecule has 0 bridgehead atoms. The van der Waals surface area contributed by atoms with Gasteiger partial charge >= 0.3 is 12.1 Å². The number of benzene rings is 2. The van der Waals surface area contributed by atoms with E-state index in [9.17, 15) is 14.7 Å². The minimum absolute atomic E-state index is 0.0408. The number of amides is 1. The summed E-state index contributed by atoms with van der Waals surface area (Å²) >= 11 is 0. The van der Waals surface area contributed by atoms with Gasteiger partial charge in [0.05, 0.1) is 13.2 Å². The van der Waals surface area contributed by atoms with E-state index < -0.39 is 12.1 Å². The lowest BCUT2D eigenvalue weighted by Gasteiger charge is -2.21. The normalized spacial score (nSPS) is 10.1. The first-order chi connectivity index (χ1) is 12.1. The number of phenols is 1. The molecule has 25 heavy (non-hydrogen) atoms. The molecule has 0 aliphatic heterocycles. The number of carbonyl (C=O) groups is 2. The Labute approximate surface area is 146 Å². The highest BCUT2D eigenvalue weighted by Gasteiger charge is 2.21. The average molecular weight is 343 g/mol. The number of aromatic hydroxyl groups is 1. The van der Waals surface area contributed by atoms with Crippen molar-refractivity contribution in [2.45, 2.75) is 20.1 Å². The van der Waals surface area contributed by atoms with Gasteiger partial charge in [-0.15, -0.1) is 0 Å². The summed E-state index contributed by atoms with van der Waals surface area (Å²) in [6.45, 7) is 1.80. The van der Waals surface area contributed by atoms with Gasteiger partial charge in [-0.1, -0.05) is 48.5 Å². The zero-order chi connectivity index (χ0) is 18.1. The van der Waals surface area contributed by atoms with Gasteiger partial charge in [0.15, 0.2) is 0 Å². The topological polar surface area (TPSA) is 76.1 Å². The highest BCUT2D eigenvalue weighted by molar-refractivity contribution is 5.78. The lowest BCUT2D eigenvalue weighted by Crippen LogP contribution is -2.36. The van der Waals surface area contributed by atoms with E-state index in [1.165, 1.54) is 11.0 Å². The van der Waals surface area contributed by atoms with Crippen molar-refractivity contribution in [3.8, 4) is 5.75 Å². The van der Waals surface area contributed by atoms with Crippen molar-refractivity contribution in [2.75, 3.05) is 13.2 Å². The molecule has 0 heterocycles. The van der Waals surface area contributed by atoms with Gasteiger partial charge < -0.3 is 14.6 Å². The van der Waals surface area contributed by atoms with E-state index in [0.29, 0.717) is 5.56 Å². The second-order valence-corrected chi connectivity index (χ2v) is 5.33. The Bertz CT molecular complexity index is 702. The van der Waals surface area contributed by atoms with Crippen molar-refractivity contribution in [1.82, 2.24) is 4.90 Å². The van der Waals surface area contributed by atoms with Crippen LogP contribution in [-0.4, -0.2) is 35.2 Å². The van der Waals surface area contributed by atoms with Crippen LogP contribution in [-0.2, 0) is 27.4 Å². The van der Waals surface area contributed by atoms with Crippen LogP contribution in [0, 0.1) is 0 Å². The van der Waals surface area contributed by atoms with Crippen LogP contribution >= 0.6 is 0 Å². The van der Waals surface area contributed by atoms with Crippen molar-refractivity contribution < 1.29 is 24.2 Å². The molecule has 1 amide bonds. The molecule has 2 rings (SSSR count). The summed E-state index contributed by atoms with van der Waals surface area (Å²) in [5.41, 5.74) is 1.36. The molecule has 0 saturated heterocycles. The molecule has 0 radical (unpaired) electrons. The van der Waals surface area contributed by atoms with Crippen molar-refractivity contribution in [3.63, 3.8) is 0 Å². The summed E-state index contributed by atoms with van der Waals surface area (Å²) < 4.78 is 10.2. The number of nitrogens with zero attached hydrogens (tertiary/aromatic N) is 1. The summed E-state index contributed by atoms with van der Waals surface area (Å²) in [6.07, 6.45) is -0.653. The van der Waals surface area contributed by atoms with Crippen LogP contribution in [0.25, 0.3) is 0 Å². The predicted molar refractivity (Wildman–Crippen MR) is 91.8 cm³/mol. The maximum absolute atomic E-state index is 12.4. The van der Waals surface area contributed by atoms with Crippen LogP contribution in [0.3, 0.4) is 0 Å². The van der Waals surface area contributed by atoms with Gasteiger partial charge in [0.1, 0.15) is 18.9 Å². The summed E-state index contributed by atoms with van der Waals surface area (Å²) in [6, 6.07) is 15.9. The quantitative estimate of drug-likeness (QED) is 0.782. The third kappa shape index (κ3) is 5.84. The van der Waals surface area contributed by atoms with Crippen LogP contribution in [0.1, 0.15) is 18.1 Å². The minimum Gasteiger partial charge on any atom is -0.508 e. The first-order valence-corrected chi connectivity index (χ1v) is 7.98. The molecule has 0 aliphatic rings. The molecule has 0 spiro atoms. The largest absolute Gasteiger partial charge is 0.508 e. The summed E-state index contributed by atoms with van der Waals surface area (Å²) in [5.74, 6) is -0.484. The molecule has 6 nitrogen and oxygen atoms in total. The first kappa shape index (κ1) is 18.3. The van der Waals surface area contributed by atoms with Crippen LogP contribution in [0.4, 0.5) is 4.79 Å². The number of esters is 1. The smallest absolute Gasteiger partial charge is 0.410 e. The predicted octanol–water partition coefficient (Wildman–Crippen LogP) is 3.09. The van der Waals surface area contributed by atoms with Gasteiger partial charge in [-0.3, -0.25) is 9.69 Å². The molecular weight excluding hydrogens is 322 g/mol. The van der Waals surface area contributed by atoms with Gasteiger partial charge in [0, 0.05) is 5.56 Å². The molecule has 0 aliphatic carbocycles. The highest BCUT2D eigenvalue weighted by Crippen LogP contribution is 2.18. The van der Waals surface area contributed by atoms with E-state index in [1.807, 2.05) is 30.3 Å². The van der Waals surface area contributed by atoms with Crippen LogP contribution in [0.5, 0.6) is 5.75 Å².